The topological polar surface area (TPSA) is 51.2 Å². The first-order chi connectivity index (χ1) is 15.1. The van der Waals surface area contributed by atoms with E-state index in [0.717, 1.165) is 63.9 Å². The van der Waals surface area contributed by atoms with E-state index in [0.29, 0.717) is 13.0 Å². The van der Waals surface area contributed by atoms with Gasteiger partial charge in [0.25, 0.3) is 0 Å². The second kappa shape index (κ2) is 10.1. The Morgan fingerprint density at radius 2 is 1.87 bits per heavy atom. The molecule has 2 aliphatic rings. The Morgan fingerprint density at radius 1 is 1.10 bits per heavy atom. The number of guanidine groups is 1. The average molecular weight is 444 g/mol. The van der Waals surface area contributed by atoms with Gasteiger partial charge in [-0.1, -0.05) is 0 Å². The van der Waals surface area contributed by atoms with Crippen LogP contribution in [0, 0.1) is 5.82 Å². The average Bonchev–Trinajstić information content (AvgIpc) is 3.27. The van der Waals surface area contributed by atoms with Crippen molar-refractivity contribution in [2.75, 3.05) is 50.7 Å². The Kier molecular flexibility index (Phi) is 7.06. The molecular formula is C23H30FN5OS. The number of nitrogens with zero attached hydrogens (tertiary/aromatic N) is 4. The molecule has 4 rings (SSSR count). The van der Waals surface area contributed by atoms with Crippen molar-refractivity contribution in [3.63, 3.8) is 0 Å². The van der Waals surface area contributed by atoms with E-state index in [9.17, 15) is 9.18 Å². The van der Waals surface area contributed by atoms with Crippen LogP contribution in [-0.4, -0.2) is 67.5 Å². The lowest BCUT2D eigenvalue weighted by atomic mass is 10.1. The molecule has 1 aromatic carbocycles. The van der Waals surface area contributed by atoms with Gasteiger partial charge >= 0.3 is 0 Å². The highest BCUT2D eigenvalue weighted by Crippen LogP contribution is 2.24. The van der Waals surface area contributed by atoms with E-state index in [1.807, 2.05) is 17.0 Å². The number of hydrogen-bond donors (Lipinski definition) is 1. The maximum Gasteiger partial charge on any atom is 0.224 e. The van der Waals surface area contributed by atoms with Gasteiger partial charge in [0.1, 0.15) is 5.82 Å². The van der Waals surface area contributed by atoms with Gasteiger partial charge in [0.2, 0.25) is 5.91 Å². The van der Waals surface area contributed by atoms with Gasteiger partial charge in [-0.3, -0.25) is 9.79 Å². The molecule has 0 atom stereocenters. The van der Waals surface area contributed by atoms with Crippen molar-refractivity contribution in [1.29, 1.82) is 0 Å². The van der Waals surface area contributed by atoms with Crippen LogP contribution in [0.25, 0.3) is 0 Å². The van der Waals surface area contributed by atoms with Gasteiger partial charge < -0.3 is 20.0 Å². The van der Waals surface area contributed by atoms with Crippen LogP contribution >= 0.6 is 11.3 Å². The third-order valence-electron chi connectivity index (χ3n) is 5.85. The number of piperazine rings is 1. The molecule has 31 heavy (non-hydrogen) atoms. The largest absolute Gasteiger partial charge is 0.368 e. The summed E-state index contributed by atoms with van der Waals surface area (Å²) in [6.07, 6.45) is 1.40. The van der Waals surface area contributed by atoms with Crippen LogP contribution in [0.5, 0.6) is 0 Å². The first-order valence-corrected chi connectivity index (χ1v) is 11.9. The molecule has 0 saturated carbocycles. The molecule has 166 valence electrons. The molecule has 6 nitrogen and oxygen atoms in total. The summed E-state index contributed by atoms with van der Waals surface area (Å²) in [4.78, 5) is 25.3. The molecule has 1 saturated heterocycles. The van der Waals surface area contributed by atoms with Crippen LogP contribution in [0.3, 0.4) is 0 Å². The first-order valence-electron chi connectivity index (χ1n) is 11.0. The maximum absolute atomic E-state index is 13.2. The SMILES string of the molecule is CCNC(=NCCC(=O)N1CCc2sccc2C1)N1CCN(c2ccc(F)cc2)CC1. The Balaban J connectivity index is 1.28. The summed E-state index contributed by atoms with van der Waals surface area (Å²) in [7, 11) is 0. The lowest BCUT2D eigenvalue weighted by molar-refractivity contribution is -0.131. The molecule has 3 heterocycles. The fourth-order valence-corrected chi connectivity index (χ4v) is 5.02. The highest BCUT2D eigenvalue weighted by Gasteiger charge is 2.22. The molecule has 2 aliphatic heterocycles. The van der Waals surface area contributed by atoms with Crippen molar-refractivity contribution in [2.24, 2.45) is 4.99 Å². The van der Waals surface area contributed by atoms with E-state index < -0.39 is 0 Å². The number of nitrogens with one attached hydrogen (secondary N) is 1. The van der Waals surface area contributed by atoms with Crippen molar-refractivity contribution in [3.8, 4) is 0 Å². The lowest BCUT2D eigenvalue weighted by Crippen LogP contribution is -2.52. The zero-order chi connectivity index (χ0) is 21.6. The highest BCUT2D eigenvalue weighted by molar-refractivity contribution is 7.10. The van der Waals surface area contributed by atoms with Crippen molar-refractivity contribution >= 4 is 28.9 Å². The normalized spacial score (nSPS) is 17.0. The number of thiophene rings is 1. The summed E-state index contributed by atoms with van der Waals surface area (Å²) in [5.74, 6) is 0.837. The Hall–Kier alpha value is -2.61. The number of anilines is 1. The summed E-state index contributed by atoms with van der Waals surface area (Å²) in [5.41, 5.74) is 2.34. The molecule has 2 aromatic rings. The van der Waals surface area contributed by atoms with E-state index in [4.69, 9.17) is 4.99 Å². The highest BCUT2D eigenvalue weighted by atomic mass is 32.1. The van der Waals surface area contributed by atoms with Crippen molar-refractivity contribution < 1.29 is 9.18 Å². The van der Waals surface area contributed by atoms with Crippen molar-refractivity contribution in [2.45, 2.75) is 26.3 Å². The number of aliphatic imine (C=N–C) groups is 1. The predicted molar refractivity (Wildman–Crippen MR) is 124 cm³/mol. The van der Waals surface area contributed by atoms with Gasteiger partial charge in [-0.15, -0.1) is 11.3 Å². The van der Waals surface area contributed by atoms with Crippen LogP contribution in [0.15, 0.2) is 40.7 Å². The number of benzene rings is 1. The van der Waals surface area contributed by atoms with E-state index in [2.05, 4.69) is 33.5 Å². The second-order valence-corrected chi connectivity index (χ2v) is 8.87. The van der Waals surface area contributed by atoms with Crippen LogP contribution in [0.4, 0.5) is 10.1 Å². The predicted octanol–water partition coefficient (Wildman–Crippen LogP) is 2.95. The fourth-order valence-electron chi connectivity index (χ4n) is 4.13. The molecule has 0 aliphatic carbocycles. The molecule has 0 radical (unpaired) electrons. The van der Waals surface area contributed by atoms with Crippen LogP contribution in [0.2, 0.25) is 0 Å². The van der Waals surface area contributed by atoms with Gasteiger partial charge in [0.15, 0.2) is 5.96 Å². The van der Waals surface area contributed by atoms with Crippen molar-refractivity contribution in [3.05, 3.63) is 52.0 Å². The number of fused-ring (bicyclic) bond motifs is 1. The number of carbonyl (C=O) groups excluding carboxylic acids is 1. The number of rotatable bonds is 5. The maximum atomic E-state index is 13.2. The van der Waals surface area contributed by atoms with Gasteiger partial charge in [-0.2, -0.15) is 0 Å². The van der Waals surface area contributed by atoms with Gasteiger partial charge in [0.05, 0.1) is 6.54 Å². The monoisotopic (exact) mass is 443 g/mol. The molecule has 1 amide bonds. The van der Waals surface area contributed by atoms with Crippen molar-refractivity contribution in [1.82, 2.24) is 15.1 Å². The third kappa shape index (κ3) is 5.36. The first kappa shape index (κ1) is 21.6. The Bertz CT molecular complexity index is 905. The van der Waals surface area contributed by atoms with Gasteiger partial charge in [-0.25, -0.2) is 4.39 Å². The molecule has 0 bridgehead atoms. The summed E-state index contributed by atoms with van der Waals surface area (Å²) < 4.78 is 13.2. The fraction of sp³-hybridized carbons (Fsp3) is 0.478. The van der Waals surface area contributed by atoms with E-state index in [-0.39, 0.29) is 11.7 Å². The zero-order valence-electron chi connectivity index (χ0n) is 18.0. The summed E-state index contributed by atoms with van der Waals surface area (Å²) in [6.45, 7) is 8.26. The van der Waals surface area contributed by atoms with E-state index >= 15 is 0 Å². The Labute approximate surface area is 187 Å². The van der Waals surface area contributed by atoms with Gasteiger partial charge in [0, 0.05) is 62.8 Å². The number of hydrogen-bond acceptors (Lipinski definition) is 4. The molecule has 0 spiro atoms. The zero-order valence-corrected chi connectivity index (χ0v) is 18.8. The summed E-state index contributed by atoms with van der Waals surface area (Å²) in [5, 5.41) is 5.47. The number of amides is 1. The molecule has 0 unspecified atom stereocenters. The Morgan fingerprint density at radius 3 is 2.61 bits per heavy atom. The standard InChI is InChI=1S/C23H30FN5OS/c1-2-25-23(28-14-12-27(13-15-28)20-5-3-19(24)4-6-20)26-10-7-22(30)29-11-8-21-18(17-29)9-16-31-21/h3-6,9,16H,2,7-8,10-15,17H2,1H3,(H,25,26). The van der Waals surface area contributed by atoms with E-state index in [1.54, 1.807) is 11.3 Å². The quantitative estimate of drug-likeness (QED) is 0.570. The second-order valence-electron chi connectivity index (χ2n) is 7.87. The summed E-state index contributed by atoms with van der Waals surface area (Å²) in [6, 6.07) is 8.80. The molecule has 1 aromatic heterocycles. The lowest BCUT2D eigenvalue weighted by Gasteiger charge is -2.37. The minimum atomic E-state index is -0.209. The molecule has 1 N–H and O–H groups in total. The van der Waals surface area contributed by atoms with Crippen LogP contribution in [0.1, 0.15) is 23.8 Å². The summed E-state index contributed by atoms with van der Waals surface area (Å²) >= 11 is 1.79. The minimum absolute atomic E-state index is 0.178. The smallest absolute Gasteiger partial charge is 0.224 e. The van der Waals surface area contributed by atoms with Crippen LogP contribution in [-0.2, 0) is 17.8 Å². The molecular weight excluding hydrogens is 413 g/mol. The minimum Gasteiger partial charge on any atom is -0.368 e. The number of carbonyl (C=O) groups is 1. The number of halogens is 1. The molecule has 1 fully saturated rings. The van der Waals surface area contributed by atoms with Gasteiger partial charge in [-0.05, 0) is 54.6 Å². The van der Waals surface area contributed by atoms with Crippen LogP contribution < -0.4 is 10.2 Å². The van der Waals surface area contributed by atoms with E-state index in [1.165, 1.54) is 22.6 Å². The molecule has 8 heteroatoms. The third-order valence-corrected chi connectivity index (χ3v) is 6.88.